The second kappa shape index (κ2) is 4.14. The molecule has 0 bridgehead atoms. The molecule has 1 N–H and O–H groups in total. The molecule has 1 saturated heterocycles. The van der Waals surface area contributed by atoms with Crippen LogP contribution in [-0.2, 0) is 0 Å². The summed E-state index contributed by atoms with van der Waals surface area (Å²) in [4.78, 5) is 0. The third-order valence-corrected chi connectivity index (χ3v) is 3.07. The van der Waals surface area contributed by atoms with E-state index in [0.29, 0.717) is 12.0 Å². The van der Waals surface area contributed by atoms with E-state index in [0.717, 1.165) is 0 Å². The molecule has 0 radical (unpaired) electrons. The molecule has 0 amide bonds. The van der Waals surface area contributed by atoms with Crippen molar-refractivity contribution in [1.29, 1.82) is 0 Å². The summed E-state index contributed by atoms with van der Waals surface area (Å²) in [5.74, 6) is 0.639. The molecule has 1 aromatic rings. The van der Waals surface area contributed by atoms with E-state index < -0.39 is 0 Å². The lowest BCUT2D eigenvalue weighted by molar-refractivity contribution is 0.647. The Hall–Kier alpha value is -0.820. The molecule has 1 aromatic carbocycles. The van der Waals surface area contributed by atoms with E-state index in [1.165, 1.54) is 30.5 Å². The highest BCUT2D eigenvalue weighted by Crippen LogP contribution is 2.24. The molecule has 0 saturated carbocycles. The first kappa shape index (κ1) is 9.72. The number of benzene rings is 1. The predicted octanol–water partition coefficient (Wildman–Crippen LogP) is 3.23. The Balaban J connectivity index is 2.12. The monoisotopic (exact) mass is 189 g/mol. The van der Waals surface area contributed by atoms with Gasteiger partial charge in [0.15, 0.2) is 0 Å². The van der Waals surface area contributed by atoms with Crippen LogP contribution >= 0.6 is 0 Å². The summed E-state index contributed by atoms with van der Waals surface area (Å²) in [6.45, 7) is 5.66. The molecule has 1 fully saturated rings. The van der Waals surface area contributed by atoms with Gasteiger partial charge in [-0.2, -0.15) is 0 Å². The van der Waals surface area contributed by atoms with Crippen LogP contribution in [0.15, 0.2) is 24.3 Å². The molecule has 2 rings (SSSR count). The van der Waals surface area contributed by atoms with Gasteiger partial charge in [-0.15, -0.1) is 0 Å². The van der Waals surface area contributed by atoms with E-state index in [9.17, 15) is 0 Å². The Morgan fingerprint density at radius 1 is 1.21 bits per heavy atom. The zero-order valence-electron chi connectivity index (χ0n) is 9.09. The highest BCUT2D eigenvalue weighted by molar-refractivity contribution is 5.27. The molecule has 0 aliphatic carbocycles. The maximum Gasteiger partial charge on any atom is 0.0320 e. The van der Waals surface area contributed by atoms with Crippen molar-refractivity contribution in [2.75, 3.05) is 6.54 Å². The van der Waals surface area contributed by atoms with Crippen LogP contribution < -0.4 is 5.32 Å². The minimum Gasteiger partial charge on any atom is -0.310 e. The first-order valence-corrected chi connectivity index (χ1v) is 5.60. The minimum atomic E-state index is 0.608. The summed E-state index contributed by atoms with van der Waals surface area (Å²) in [7, 11) is 0. The van der Waals surface area contributed by atoms with Gasteiger partial charge in [0.25, 0.3) is 0 Å². The Labute approximate surface area is 86.5 Å². The van der Waals surface area contributed by atoms with Crippen LogP contribution in [0.4, 0.5) is 0 Å². The summed E-state index contributed by atoms with van der Waals surface area (Å²) in [6.07, 6.45) is 2.61. The standard InChI is InChI=1S/C13H19N/c1-10(2)11-5-7-12(8-6-11)13-4-3-9-14-13/h5-8,10,13-14H,3-4,9H2,1-2H3. The molecule has 0 aromatic heterocycles. The van der Waals surface area contributed by atoms with E-state index in [2.05, 4.69) is 43.4 Å². The first-order valence-electron chi connectivity index (χ1n) is 5.60. The molecule has 1 aliphatic rings. The Morgan fingerprint density at radius 2 is 1.93 bits per heavy atom. The number of nitrogens with one attached hydrogen (secondary N) is 1. The van der Waals surface area contributed by atoms with Crippen LogP contribution in [0.2, 0.25) is 0 Å². The SMILES string of the molecule is CC(C)c1ccc(C2CCCN2)cc1. The van der Waals surface area contributed by atoms with Gasteiger partial charge in [-0.3, -0.25) is 0 Å². The molecule has 1 heterocycles. The van der Waals surface area contributed by atoms with Gasteiger partial charge < -0.3 is 5.32 Å². The van der Waals surface area contributed by atoms with Crippen molar-refractivity contribution >= 4 is 0 Å². The lowest BCUT2D eigenvalue weighted by atomic mass is 9.98. The van der Waals surface area contributed by atoms with Crippen molar-refractivity contribution in [2.24, 2.45) is 0 Å². The third-order valence-electron chi connectivity index (χ3n) is 3.07. The Bertz CT molecular complexity index is 281. The molecule has 14 heavy (non-hydrogen) atoms. The molecule has 1 atom stereocenters. The molecule has 1 nitrogen and oxygen atoms in total. The maximum atomic E-state index is 3.52. The molecule has 76 valence electrons. The second-order valence-electron chi connectivity index (χ2n) is 4.47. The normalized spacial score (nSPS) is 21.8. The van der Waals surface area contributed by atoms with Crippen LogP contribution in [0.25, 0.3) is 0 Å². The fourth-order valence-electron chi connectivity index (χ4n) is 2.08. The van der Waals surface area contributed by atoms with Crippen LogP contribution in [0, 0.1) is 0 Å². The molecular weight excluding hydrogens is 170 g/mol. The van der Waals surface area contributed by atoms with Gasteiger partial charge in [0.1, 0.15) is 0 Å². The molecule has 1 heteroatoms. The van der Waals surface area contributed by atoms with Crippen molar-refractivity contribution in [3.05, 3.63) is 35.4 Å². The maximum absolute atomic E-state index is 3.52. The quantitative estimate of drug-likeness (QED) is 0.753. The zero-order chi connectivity index (χ0) is 9.97. The van der Waals surface area contributed by atoms with E-state index in [1.807, 2.05) is 0 Å². The molecular formula is C13H19N. The summed E-state index contributed by atoms with van der Waals surface area (Å²) in [6, 6.07) is 9.69. The van der Waals surface area contributed by atoms with Crippen LogP contribution in [0.3, 0.4) is 0 Å². The highest BCUT2D eigenvalue weighted by Gasteiger charge is 2.15. The zero-order valence-corrected chi connectivity index (χ0v) is 9.09. The van der Waals surface area contributed by atoms with Crippen LogP contribution in [0.1, 0.15) is 49.8 Å². The smallest absolute Gasteiger partial charge is 0.0320 e. The van der Waals surface area contributed by atoms with Gasteiger partial charge in [-0.05, 0) is 36.4 Å². The fraction of sp³-hybridized carbons (Fsp3) is 0.538. The first-order chi connectivity index (χ1) is 6.77. The molecule has 1 unspecified atom stereocenters. The van der Waals surface area contributed by atoms with Gasteiger partial charge in [0, 0.05) is 6.04 Å². The molecule has 0 spiro atoms. The minimum absolute atomic E-state index is 0.608. The number of hydrogen-bond donors (Lipinski definition) is 1. The van der Waals surface area contributed by atoms with Crippen molar-refractivity contribution < 1.29 is 0 Å². The Morgan fingerprint density at radius 3 is 2.43 bits per heavy atom. The highest BCUT2D eigenvalue weighted by atomic mass is 14.9. The fourth-order valence-corrected chi connectivity index (χ4v) is 2.08. The second-order valence-corrected chi connectivity index (χ2v) is 4.47. The lowest BCUT2D eigenvalue weighted by Gasteiger charge is -2.12. The van der Waals surface area contributed by atoms with Crippen molar-refractivity contribution in [3.8, 4) is 0 Å². The van der Waals surface area contributed by atoms with Gasteiger partial charge in [-0.25, -0.2) is 0 Å². The summed E-state index contributed by atoms with van der Waals surface area (Å²) >= 11 is 0. The van der Waals surface area contributed by atoms with Crippen molar-refractivity contribution in [1.82, 2.24) is 5.32 Å². The third kappa shape index (κ3) is 1.98. The summed E-state index contributed by atoms with van der Waals surface area (Å²) in [5, 5.41) is 3.52. The van der Waals surface area contributed by atoms with E-state index >= 15 is 0 Å². The Kier molecular flexibility index (Phi) is 2.87. The van der Waals surface area contributed by atoms with Crippen LogP contribution in [-0.4, -0.2) is 6.54 Å². The lowest BCUT2D eigenvalue weighted by Crippen LogP contribution is -2.12. The van der Waals surface area contributed by atoms with Gasteiger partial charge in [0.05, 0.1) is 0 Å². The van der Waals surface area contributed by atoms with E-state index in [1.54, 1.807) is 0 Å². The average Bonchev–Trinajstić information content (AvgIpc) is 2.71. The van der Waals surface area contributed by atoms with Crippen molar-refractivity contribution in [3.63, 3.8) is 0 Å². The van der Waals surface area contributed by atoms with Crippen molar-refractivity contribution in [2.45, 2.75) is 38.6 Å². The van der Waals surface area contributed by atoms with Crippen LogP contribution in [0.5, 0.6) is 0 Å². The van der Waals surface area contributed by atoms with Gasteiger partial charge >= 0.3 is 0 Å². The van der Waals surface area contributed by atoms with E-state index in [-0.39, 0.29) is 0 Å². The summed E-state index contributed by atoms with van der Waals surface area (Å²) in [5.41, 5.74) is 2.89. The predicted molar refractivity (Wildman–Crippen MR) is 60.5 cm³/mol. The summed E-state index contributed by atoms with van der Waals surface area (Å²) < 4.78 is 0. The van der Waals surface area contributed by atoms with Gasteiger partial charge in [-0.1, -0.05) is 38.1 Å². The topological polar surface area (TPSA) is 12.0 Å². The molecule has 1 aliphatic heterocycles. The largest absolute Gasteiger partial charge is 0.310 e. The number of hydrogen-bond acceptors (Lipinski definition) is 1. The average molecular weight is 189 g/mol. The van der Waals surface area contributed by atoms with Gasteiger partial charge in [0.2, 0.25) is 0 Å². The van der Waals surface area contributed by atoms with E-state index in [4.69, 9.17) is 0 Å². The number of rotatable bonds is 2.